The lowest BCUT2D eigenvalue weighted by molar-refractivity contribution is -0.133. The highest BCUT2D eigenvalue weighted by atomic mass is 35.5. The van der Waals surface area contributed by atoms with E-state index in [1.165, 1.54) is 41.1 Å². The Bertz CT molecular complexity index is 1370. The van der Waals surface area contributed by atoms with E-state index in [1.54, 1.807) is 17.5 Å². The quantitative estimate of drug-likeness (QED) is 0.394. The monoisotopic (exact) mass is 580 g/mol. The zero-order valence-electron chi connectivity index (χ0n) is 19.5. The summed E-state index contributed by atoms with van der Waals surface area (Å²) in [6, 6.07) is 7.66. The Morgan fingerprint density at radius 2 is 1.95 bits per heavy atom. The maximum Gasteiger partial charge on any atom is 0.416 e. The molecule has 206 valence electrons. The zero-order chi connectivity index (χ0) is 27.0. The first-order chi connectivity index (χ1) is 18.1. The van der Waals surface area contributed by atoms with Crippen LogP contribution < -0.4 is 15.1 Å². The zero-order valence-corrected chi connectivity index (χ0v) is 21.1. The highest BCUT2D eigenvalue weighted by molar-refractivity contribution is 7.07. The summed E-state index contributed by atoms with van der Waals surface area (Å²) >= 11 is 7.64. The van der Waals surface area contributed by atoms with Gasteiger partial charge in [-0.3, -0.25) is 14.5 Å². The van der Waals surface area contributed by atoms with Crippen molar-refractivity contribution in [2.75, 3.05) is 16.4 Å². The van der Waals surface area contributed by atoms with Gasteiger partial charge < -0.3 is 10.1 Å². The molecular formula is C26H24ClF3N4O4S. The van der Waals surface area contributed by atoms with E-state index in [1.807, 2.05) is 0 Å². The van der Waals surface area contributed by atoms with Crippen LogP contribution in [0.5, 0.6) is 0 Å². The van der Waals surface area contributed by atoms with Gasteiger partial charge in [-0.1, -0.05) is 43.3 Å². The van der Waals surface area contributed by atoms with Crippen LogP contribution in [0.3, 0.4) is 0 Å². The van der Waals surface area contributed by atoms with Crippen molar-refractivity contribution >= 4 is 52.4 Å². The SMILES string of the molecule is C.O=C(NC1CC(F)(F)C1)[C@H](c1ccccc1Cl)N(C(=O)[C@@H]1COC(=O)N1c1cscn1)c1cccc(F)c1. The fourth-order valence-corrected chi connectivity index (χ4v) is 5.27. The Kier molecular flexibility index (Phi) is 8.17. The molecule has 1 aliphatic heterocycles. The van der Waals surface area contributed by atoms with Gasteiger partial charge in [0, 0.05) is 40.5 Å². The molecule has 2 atom stereocenters. The van der Waals surface area contributed by atoms with E-state index in [0.29, 0.717) is 0 Å². The van der Waals surface area contributed by atoms with Crippen molar-refractivity contribution in [2.45, 2.75) is 44.3 Å². The average molecular weight is 581 g/mol. The first-order valence-corrected chi connectivity index (χ1v) is 12.8. The third-order valence-corrected chi connectivity index (χ3v) is 7.21. The molecule has 0 spiro atoms. The first kappa shape index (κ1) is 28.4. The summed E-state index contributed by atoms with van der Waals surface area (Å²) in [6.45, 7) is -0.354. The van der Waals surface area contributed by atoms with Crippen molar-refractivity contribution in [3.8, 4) is 0 Å². The van der Waals surface area contributed by atoms with E-state index in [2.05, 4.69) is 10.3 Å². The highest BCUT2D eigenvalue weighted by Gasteiger charge is 2.49. The fourth-order valence-electron chi connectivity index (χ4n) is 4.51. The number of carbonyl (C=O) groups is 3. The number of alkyl halides is 2. The fraction of sp³-hybridized carbons (Fsp3) is 0.308. The number of amides is 3. The molecule has 1 saturated heterocycles. The Labute approximate surface area is 231 Å². The molecule has 5 rings (SSSR count). The molecule has 0 unspecified atom stereocenters. The molecule has 1 saturated carbocycles. The van der Waals surface area contributed by atoms with Crippen LogP contribution in [0.4, 0.5) is 29.5 Å². The van der Waals surface area contributed by atoms with Crippen LogP contribution in [-0.4, -0.2) is 47.5 Å². The first-order valence-electron chi connectivity index (χ1n) is 11.5. The summed E-state index contributed by atoms with van der Waals surface area (Å²) in [5, 5.41) is 4.24. The molecule has 2 fully saturated rings. The maximum atomic E-state index is 14.4. The number of hydrogen-bond acceptors (Lipinski definition) is 6. The van der Waals surface area contributed by atoms with Gasteiger partial charge in [0.1, 0.15) is 24.3 Å². The molecule has 1 aromatic heterocycles. The van der Waals surface area contributed by atoms with Crippen molar-refractivity contribution in [1.29, 1.82) is 0 Å². The van der Waals surface area contributed by atoms with Gasteiger partial charge in [-0.2, -0.15) is 0 Å². The summed E-state index contributed by atoms with van der Waals surface area (Å²) < 4.78 is 46.5. The lowest BCUT2D eigenvalue weighted by Crippen LogP contribution is -2.56. The highest BCUT2D eigenvalue weighted by Crippen LogP contribution is 2.39. The minimum Gasteiger partial charge on any atom is -0.446 e. The predicted molar refractivity (Wildman–Crippen MR) is 141 cm³/mol. The number of cyclic esters (lactones) is 1. The number of thiazole rings is 1. The van der Waals surface area contributed by atoms with Crippen LogP contribution >= 0.6 is 22.9 Å². The van der Waals surface area contributed by atoms with Crippen molar-refractivity contribution < 1.29 is 32.3 Å². The Morgan fingerprint density at radius 1 is 1.21 bits per heavy atom. The van der Waals surface area contributed by atoms with Gasteiger partial charge in [0.15, 0.2) is 6.04 Å². The largest absolute Gasteiger partial charge is 0.446 e. The molecule has 2 aromatic carbocycles. The van der Waals surface area contributed by atoms with E-state index < -0.39 is 60.6 Å². The molecule has 0 radical (unpaired) electrons. The number of aromatic nitrogens is 1. The van der Waals surface area contributed by atoms with Crippen LogP contribution in [-0.2, 0) is 14.3 Å². The van der Waals surface area contributed by atoms with E-state index in [0.717, 1.165) is 21.9 Å². The second kappa shape index (κ2) is 11.2. The van der Waals surface area contributed by atoms with Crippen molar-refractivity contribution in [3.63, 3.8) is 0 Å². The molecule has 1 aliphatic carbocycles. The summed E-state index contributed by atoms with van der Waals surface area (Å²) in [4.78, 5) is 46.6. The number of nitrogens with zero attached hydrogens (tertiary/aromatic N) is 3. The predicted octanol–water partition coefficient (Wildman–Crippen LogP) is 5.59. The number of ether oxygens (including phenoxy) is 1. The van der Waals surface area contributed by atoms with Crippen LogP contribution in [0, 0.1) is 5.82 Å². The number of nitrogens with one attached hydrogen (secondary N) is 1. The van der Waals surface area contributed by atoms with Gasteiger partial charge in [0.05, 0.1) is 5.51 Å². The molecule has 2 aliphatic rings. The van der Waals surface area contributed by atoms with Crippen LogP contribution in [0.2, 0.25) is 5.02 Å². The average Bonchev–Trinajstić information content (AvgIpc) is 3.51. The number of anilines is 2. The molecule has 3 aromatic rings. The molecule has 3 amide bonds. The Balaban J connectivity index is 0.00000353. The Hall–Kier alpha value is -3.64. The van der Waals surface area contributed by atoms with Gasteiger partial charge in [-0.25, -0.2) is 27.8 Å². The standard InChI is InChI=1S/C25H20ClF3N4O4S.CH4/c26-18-7-2-1-6-17(18)21(22(34)31-15-9-25(28,29)10-15)32(16-5-3-4-14(27)8-16)23(35)19-11-37-24(36)33(19)20-12-38-13-30-20;/h1-8,12-13,15,19,21H,9-11H2,(H,31,34);1H4/t19-,21-;/m0./s1. The second-order valence-electron chi connectivity index (χ2n) is 8.89. The molecule has 8 nitrogen and oxygen atoms in total. The molecule has 13 heteroatoms. The van der Waals surface area contributed by atoms with Crippen LogP contribution in [0.1, 0.15) is 31.9 Å². The number of hydrogen-bond donors (Lipinski definition) is 1. The van der Waals surface area contributed by atoms with Crippen LogP contribution in [0.25, 0.3) is 0 Å². The summed E-state index contributed by atoms with van der Waals surface area (Å²) in [5.41, 5.74) is 1.65. The van der Waals surface area contributed by atoms with E-state index in [4.69, 9.17) is 16.3 Å². The van der Waals surface area contributed by atoms with Crippen LogP contribution in [0.15, 0.2) is 59.4 Å². The number of rotatable bonds is 7. The molecule has 39 heavy (non-hydrogen) atoms. The lowest BCUT2D eigenvalue weighted by atomic mass is 9.87. The molecular weight excluding hydrogens is 557 g/mol. The maximum absolute atomic E-state index is 14.4. The van der Waals surface area contributed by atoms with Crippen molar-refractivity contribution in [1.82, 2.24) is 10.3 Å². The van der Waals surface area contributed by atoms with E-state index >= 15 is 0 Å². The third-order valence-electron chi connectivity index (χ3n) is 6.29. The lowest BCUT2D eigenvalue weighted by Gasteiger charge is -2.39. The molecule has 2 heterocycles. The minimum atomic E-state index is -2.90. The number of carbonyl (C=O) groups excluding carboxylic acids is 3. The summed E-state index contributed by atoms with van der Waals surface area (Å²) in [5.74, 6) is -4.99. The third kappa shape index (κ3) is 5.71. The van der Waals surface area contributed by atoms with Gasteiger partial charge in [-0.15, -0.1) is 11.3 Å². The summed E-state index contributed by atoms with van der Waals surface area (Å²) in [6.07, 6.45) is -1.92. The Morgan fingerprint density at radius 3 is 2.59 bits per heavy atom. The van der Waals surface area contributed by atoms with Gasteiger partial charge in [0.2, 0.25) is 5.91 Å². The van der Waals surface area contributed by atoms with Gasteiger partial charge in [-0.05, 0) is 24.3 Å². The van der Waals surface area contributed by atoms with Crippen molar-refractivity contribution in [2.24, 2.45) is 0 Å². The normalized spacial score (nSPS) is 18.9. The number of benzene rings is 2. The molecule has 0 bridgehead atoms. The topological polar surface area (TPSA) is 91.8 Å². The molecule has 1 N–H and O–H groups in total. The minimum absolute atomic E-state index is 0. The van der Waals surface area contributed by atoms with E-state index in [-0.39, 0.29) is 36.1 Å². The van der Waals surface area contributed by atoms with Gasteiger partial charge >= 0.3 is 6.09 Å². The van der Waals surface area contributed by atoms with Gasteiger partial charge in [0.25, 0.3) is 11.8 Å². The van der Waals surface area contributed by atoms with Crippen molar-refractivity contribution in [3.05, 3.63) is 75.8 Å². The summed E-state index contributed by atoms with van der Waals surface area (Å²) in [7, 11) is 0. The number of halogens is 4. The van der Waals surface area contributed by atoms with E-state index in [9.17, 15) is 27.6 Å². The second-order valence-corrected chi connectivity index (χ2v) is 10.0. The smallest absolute Gasteiger partial charge is 0.416 e.